The van der Waals surface area contributed by atoms with Crippen molar-refractivity contribution in [2.45, 2.75) is 57.3 Å². The molecule has 2 aliphatic rings. The summed E-state index contributed by atoms with van der Waals surface area (Å²) >= 11 is 0. The smallest absolute Gasteiger partial charge is 0.0842 e. The molecule has 2 rings (SSSR count). The molecule has 1 aliphatic heterocycles. The van der Waals surface area contributed by atoms with Gasteiger partial charge in [-0.1, -0.05) is 0 Å². The van der Waals surface area contributed by atoms with Gasteiger partial charge in [0, 0.05) is 6.04 Å². The van der Waals surface area contributed by atoms with Crippen molar-refractivity contribution in [3.63, 3.8) is 0 Å². The van der Waals surface area contributed by atoms with Crippen LogP contribution in [0.25, 0.3) is 0 Å². The van der Waals surface area contributed by atoms with Crippen LogP contribution in [0.15, 0.2) is 0 Å². The van der Waals surface area contributed by atoms with E-state index in [-0.39, 0.29) is 5.60 Å². The van der Waals surface area contributed by atoms with Gasteiger partial charge >= 0.3 is 0 Å². The summed E-state index contributed by atoms with van der Waals surface area (Å²) < 4.78 is 6.06. The highest BCUT2D eigenvalue weighted by molar-refractivity contribution is 5.07. The van der Waals surface area contributed by atoms with Gasteiger partial charge < -0.3 is 9.64 Å². The zero-order chi connectivity index (χ0) is 9.47. The maximum Gasteiger partial charge on any atom is 0.0842 e. The molecule has 2 nitrogen and oxygen atoms in total. The van der Waals surface area contributed by atoms with Crippen molar-refractivity contribution in [2.24, 2.45) is 0 Å². The van der Waals surface area contributed by atoms with Gasteiger partial charge in [-0.05, 0) is 53.1 Å². The maximum atomic E-state index is 6.06. The molecule has 0 aromatic carbocycles. The summed E-state index contributed by atoms with van der Waals surface area (Å²) in [5.74, 6) is 0. The highest BCUT2D eigenvalue weighted by atomic mass is 16.5. The lowest BCUT2D eigenvalue weighted by molar-refractivity contribution is -0.0507. The molecule has 0 spiro atoms. The lowest BCUT2D eigenvalue weighted by atomic mass is 10.1. The van der Waals surface area contributed by atoms with Gasteiger partial charge in [0.15, 0.2) is 0 Å². The van der Waals surface area contributed by atoms with Gasteiger partial charge in [0.1, 0.15) is 0 Å². The number of hydrogen-bond acceptors (Lipinski definition) is 2. The summed E-state index contributed by atoms with van der Waals surface area (Å²) in [5, 5.41) is 0. The van der Waals surface area contributed by atoms with Crippen LogP contribution in [-0.4, -0.2) is 36.2 Å². The number of likely N-dealkylation sites (tertiary alicyclic amines) is 1. The second kappa shape index (κ2) is 3.25. The second-order valence-electron chi connectivity index (χ2n) is 4.87. The van der Waals surface area contributed by atoms with Crippen LogP contribution in [0.5, 0.6) is 0 Å². The van der Waals surface area contributed by atoms with E-state index in [0.29, 0.717) is 12.1 Å². The molecular weight excluding hydrogens is 162 g/mol. The van der Waals surface area contributed by atoms with Crippen molar-refractivity contribution in [2.75, 3.05) is 13.6 Å². The van der Waals surface area contributed by atoms with Gasteiger partial charge in [0.25, 0.3) is 0 Å². The summed E-state index contributed by atoms with van der Waals surface area (Å²) in [4.78, 5) is 2.48. The molecule has 0 bridgehead atoms. The molecule has 1 atom stereocenters. The average molecular weight is 183 g/mol. The Hall–Kier alpha value is -0.0800. The average Bonchev–Trinajstić information content (AvgIpc) is 2.65. The molecular formula is C11H21NO. The summed E-state index contributed by atoms with van der Waals surface area (Å²) in [5.41, 5.74) is 0.249. The standard InChI is InChI=1S/C11H21NO/c1-9(2)13-11(6-7-11)10-5-4-8-12(10)3/h9-10H,4-8H2,1-3H3. The number of likely N-dealkylation sites (N-methyl/N-ethyl adjacent to an activating group) is 1. The first-order chi connectivity index (χ1) is 6.14. The third-order valence-electron chi connectivity index (χ3n) is 3.34. The lowest BCUT2D eigenvalue weighted by Gasteiger charge is -2.30. The molecule has 0 amide bonds. The van der Waals surface area contributed by atoms with Gasteiger partial charge in [-0.2, -0.15) is 0 Å². The fraction of sp³-hybridized carbons (Fsp3) is 1.00. The molecule has 1 saturated carbocycles. The first kappa shape index (κ1) is 9.47. The zero-order valence-corrected chi connectivity index (χ0v) is 9.05. The lowest BCUT2D eigenvalue weighted by Crippen LogP contribution is -2.41. The highest BCUT2D eigenvalue weighted by Gasteiger charge is 2.53. The van der Waals surface area contributed by atoms with Gasteiger partial charge in [-0.15, -0.1) is 0 Å². The van der Waals surface area contributed by atoms with Crippen molar-refractivity contribution in [1.29, 1.82) is 0 Å². The van der Waals surface area contributed by atoms with Crippen molar-refractivity contribution < 1.29 is 4.74 Å². The molecule has 2 heteroatoms. The molecule has 1 heterocycles. The van der Waals surface area contributed by atoms with Gasteiger partial charge in [0.05, 0.1) is 11.7 Å². The van der Waals surface area contributed by atoms with Crippen LogP contribution >= 0.6 is 0 Å². The van der Waals surface area contributed by atoms with Gasteiger partial charge in [0.2, 0.25) is 0 Å². The van der Waals surface area contributed by atoms with Crippen LogP contribution < -0.4 is 0 Å². The summed E-state index contributed by atoms with van der Waals surface area (Å²) in [6.07, 6.45) is 5.63. The van der Waals surface area contributed by atoms with Crippen molar-refractivity contribution in [3.8, 4) is 0 Å². The van der Waals surface area contributed by atoms with E-state index >= 15 is 0 Å². The van der Waals surface area contributed by atoms with E-state index in [0.717, 1.165) is 0 Å². The predicted octanol–water partition coefficient (Wildman–Crippen LogP) is 2.04. The molecule has 0 aromatic heterocycles. The Bertz CT molecular complexity index is 187. The molecule has 1 unspecified atom stereocenters. The minimum atomic E-state index is 0.249. The minimum absolute atomic E-state index is 0.249. The quantitative estimate of drug-likeness (QED) is 0.664. The van der Waals surface area contributed by atoms with Crippen LogP contribution in [0.3, 0.4) is 0 Å². The predicted molar refractivity (Wildman–Crippen MR) is 53.8 cm³/mol. The molecule has 76 valence electrons. The van der Waals surface area contributed by atoms with Gasteiger partial charge in [-0.25, -0.2) is 0 Å². The number of hydrogen-bond donors (Lipinski definition) is 0. The summed E-state index contributed by atoms with van der Waals surface area (Å²) in [6.45, 7) is 5.55. The number of nitrogens with zero attached hydrogens (tertiary/aromatic N) is 1. The first-order valence-electron chi connectivity index (χ1n) is 5.52. The van der Waals surface area contributed by atoms with Crippen LogP contribution in [-0.2, 0) is 4.74 Å². The van der Waals surface area contributed by atoms with E-state index in [1.54, 1.807) is 0 Å². The maximum absolute atomic E-state index is 6.06. The first-order valence-corrected chi connectivity index (χ1v) is 5.52. The Balaban J connectivity index is 1.98. The topological polar surface area (TPSA) is 12.5 Å². The fourth-order valence-corrected chi connectivity index (χ4v) is 2.70. The third-order valence-corrected chi connectivity index (χ3v) is 3.34. The van der Waals surface area contributed by atoms with Crippen molar-refractivity contribution in [3.05, 3.63) is 0 Å². The SMILES string of the molecule is CC(C)OC1(C2CCCN2C)CC1. The summed E-state index contributed by atoms with van der Waals surface area (Å²) in [6, 6.07) is 0.704. The second-order valence-corrected chi connectivity index (χ2v) is 4.87. The molecule has 0 aromatic rings. The highest BCUT2D eigenvalue weighted by Crippen LogP contribution is 2.48. The fourth-order valence-electron chi connectivity index (χ4n) is 2.70. The normalized spacial score (nSPS) is 32.8. The van der Waals surface area contributed by atoms with E-state index in [1.807, 2.05) is 0 Å². The van der Waals surface area contributed by atoms with E-state index in [2.05, 4.69) is 25.8 Å². The molecule has 2 fully saturated rings. The Labute approximate surface area is 81.3 Å². The van der Waals surface area contributed by atoms with E-state index in [1.165, 1.54) is 32.2 Å². The molecule has 1 aliphatic carbocycles. The number of ether oxygens (including phenoxy) is 1. The Kier molecular flexibility index (Phi) is 2.37. The van der Waals surface area contributed by atoms with E-state index < -0.39 is 0 Å². The Morgan fingerprint density at radius 2 is 2.08 bits per heavy atom. The third kappa shape index (κ3) is 1.75. The van der Waals surface area contributed by atoms with E-state index in [4.69, 9.17) is 4.74 Å². The van der Waals surface area contributed by atoms with Crippen LogP contribution in [0.2, 0.25) is 0 Å². The van der Waals surface area contributed by atoms with Crippen molar-refractivity contribution >= 4 is 0 Å². The monoisotopic (exact) mass is 183 g/mol. The summed E-state index contributed by atoms with van der Waals surface area (Å²) in [7, 11) is 2.24. The Morgan fingerprint density at radius 3 is 2.46 bits per heavy atom. The van der Waals surface area contributed by atoms with Crippen LogP contribution in [0.4, 0.5) is 0 Å². The van der Waals surface area contributed by atoms with Gasteiger partial charge in [-0.3, -0.25) is 0 Å². The van der Waals surface area contributed by atoms with Crippen molar-refractivity contribution in [1.82, 2.24) is 4.90 Å². The molecule has 1 saturated heterocycles. The minimum Gasteiger partial charge on any atom is -0.371 e. The zero-order valence-electron chi connectivity index (χ0n) is 9.05. The molecule has 0 N–H and O–H groups in total. The molecule has 0 radical (unpaired) electrons. The number of rotatable bonds is 3. The van der Waals surface area contributed by atoms with E-state index in [9.17, 15) is 0 Å². The molecule has 13 heavy (non-hydrogen) atoms. The Morgan fingerprint density at radius 1 is 1.38 bits per heavy atom. The largest absolute Gasteiger partial charge is 0.371 e. The van der Waals surface area contributed by atoms with Crippen LogP contribution in [0.1, 0.15) is 39.5 Å². The van der Waals surface area contributed by atoms with Crippen LogP contribution in [0, 0.1) is 0 Å².